The van der Waals surface area contributed by atoms with Crippen molar-refractivity contribution < 1.29 is 13.2 Å². The van der Waals surface area contributed by atoms with Crippen LogP contribution in [-0.4, -0.2) is 69.1 Å². The van der Waals surface area contributed by atoms with Crippen molar-refractivity contribution in [3.05, 3.63) is 0 Å². The summed E-state index contributed by atoms with van der Waals surface area (Å²) in [5, 5.41) is 0. The third kappa shape index (κ3) is 4.43. The maximum atomic E-state index is 12.0. The molecule has 0 aliphatic carbocycles. The second-order valence-corrected chi connectivity index (χ2v) is 7.31. The smallest absolute Gasteiger partial charge is 0.236 e. The second kappa shape index (κ2) is 6.19. The van der Waals surface area contributed by atoms with Crippen LogP contribution in [0.2, 0.25) is 0 Å². The van der Waals surface area contributed by atoms with Crippen LogP contribution in [0.15, 0.2) is 0 Å². The molecule has 2 fully saturated rings. The van der Waals surface area contributed by atoms with Crippen molar-refractivity contribution in [1.82, 2.24) is 14.5 Å². The Morgan fingerprint density at radius 3 is 2.53 bits per heavy atom. The molecule has 19 heavy (non-hydrogen) atoms. The summed E-state index contributed by atoms with van der Waals surface area (Å²) in [6.45, 7) is 3.47. The lowest BCUT2D eigenvalue weighted by Gasteiger charge is -2.38. The van der Waals surface area contributed by atoms with E-state index in [4.69, 9.17) is 0 Å². The van der Waals surface area contributed by atoms with Crippen LogP contribution >= 0.6 is 0 Å². The fraction of sp³-hybridized carbons (Fsp3) is 0.917. The maximum absolute atomic E-state index is 12.0. The lowest BCUT2D eigenvalue weighted by atomic mass is 10.0. The molecule has 1 amide bonds. The average Bonchev–Trinajstić information content (AvgIpc) is 2.24. The third-order valence-electron chi connectivity index (χ3n) is 3.88. The molecule has 0 saturated carbocycles. The van der Waals surface area contributed by atoms with E-state index in [0.29, 0.717) is 13.1 Å². The van der Waals surface area contributed by atoms with Crippen LogP contribution in [0.25, 0.3) is 0 Å². The van der Waals surface area contributed by atoms with Gasteiger partial charge in [-0.1, -0.05) is 6.42 Å². The van der Waals surface area contributed by atoms with Gasteiger partial charge in [-0.05, 0) is 25.8 Å². The second-order valence-electron chi connectivity index (χ2n) is 5.48. The number of hydrogen-bond acceptors (Lipinski definition) is 4. The summed E-state index contributed by atoms with van der Waals surface area (Å²) in [6, 6.07) is 0.147. The SMILES string of the molecule is CS(=O)(=O)NC[C@H]1CCCCN1CC(=O)N1CCC1. The van der Waals surface area contributed by atoms with E-state index in [2.05, 4.69) is 9.62 Å². The fourth-order valence-electron chi connectivity index (χ4n) is 2.59. The minimum Gasteiger partial charge on any atom is -0.341 e. The number of nitrogens with zero attached hydrogens (tertiary/aromatic N) is 2. The molecule has 0 aromatic rings. The molecule has 0 spiro atoms. The summed E-state index contributed by atoms with van der Waals surface area (Å²) in [5.41, 5.74) is 0. The summed E-state index contributed by atoms with van der Waals surface area (Å²) < 4.78 is 24.9. The molecule has 0 aromatic heterocycles. The molecule has 0 aromatic carbocycles. The zero-order chi connectivity index (χ0) is 13.9. The molecule has 2 saturated heterocycles. The Hall–Kier alpha value is -0.660. The van der Waals surface area contributed by atoms with Crippen molar-refractivity contribution >= 4 is 15.9 Å². The van der Waals surface area contributed by atoms with Crippen molar-refractivity contribution in [3.63, 3.8) is 0 Å². The Morgan fingerprint density at radius 2 is 1.95 bits per heavy atom. The molecule has 2 rings (SSSR count). The van der Waals surface area contributed by atoms with E-state index in [1.807, 2.05) is 4.90 Å². The van der Waals surface area contributed by atoms with E-state index in [-0.39, 0.29) is 11.9 Å². The van der Waals surface area contributed by atoms with E-state index in [0.717, 1.165) is 45.3 Å². The van der Waals surface area contributed by atoms with Gasteiger partial charge in [0.2, 0.25) is 15.9 Å². The summed E-state index contributed by atoms with van der Waals surface area (Å²) in [6.07, 6.45) is 5.42. The van der Waals surface area contributed by atoms with Gasteiger partial charge in [0.05, 0.1) is 12.8 Å². The highest BCUT2D eigenvalue weighted by atomic mass is 32.2. The molecule has 0 radical (unpaired) electrons. The van der Waals surface area contributed by atoms with Crippen LogP contribution in [0.1, 0.15) is 25.7 Å². The predicted octanol–water partition coefficient (Wildman–Crippen LogP) is -0.378. The normalized spacial score (nSPS) is 25.1. The lowest BCUT2D eigenvalue weighted by molar-refractivity contribution is -0.136. The van der Waals surface area contributed by atoms with Gasteiger partial charge in [-0.2, -0.15) is 0 Å². The minimum atomic E-state index is -3.16. The molecule has 2 aliphatic rings. The number of hydrogen-bond donors (Lipinski definition) is 1. The average molecular weight is 289 g/mol. The highest BCUT2D eigenvalue weighted by Gasteiger charge is 2.28. The van der Waals surface area contributed by atoms with Gasteiger partial charge in [-0.3, -0.25) is 9.69 Å². The van der Waals surface area contributed by atoms with E-state index < -0.39 is 10.0 Å². The Bertz CT molecular complexity index is 420. The van der Waals surface area contributed by atoms with Gasteiger partial charge < -0.3 is 4.90 Å². The summed E-state index contributed by atoms with van der Waals surface area (Å²) >= 11 is 0. The van der Waals surface area contributed by atoms with Crippen LogP contribution < -0.4 is 4.72 Å². The van der Waals surface area contributed by atoms with Gasteiger partial charge in [0.15, 0.2) is 0 Å². The number of likely N-dealkylation sites (tertiary alicyclic amines) is 2. The molecule has 1 N–H and O–H groups in total. The molecule has 110 valence electrons. The number of sulfonamides is 1. The highest BCUT2D eigenvalue weighted by Crippen LogP contribution is 2.17. The number of carbonyl (C=O) groups excluding carboxylic acids is 1. The molecule has 0 unspecified atom stereocenters. The number of piperidine rings is 1. The zero-order valence-corrected chi connectivity index (χ0v) is 12.3. The van der Waals surface area contributed by atoms with Gasteiger partial charge in [0.25, 0.3) is 0 Å². The number of amides is 1. The highest BCUT2D eigenvalue weighted by molar-refractivity contribution is 7.88. The minimum absolute atomic E-state index is 0.147. The van der Waals surface area contributed by atoms with Gasteiger partial charge >= 0.3 is 0 Å². The quantitative estimate of drug-likeness (QED) is 0.749. The Labute approximate surface area is 115 Å². The summed E-state index contributed by atoms with van der Waals surface area (Å²) in [4.78, 5) is 16.0. The van der Waals surface area contributed by atoms with Crippen molar-refractivity contribution in [2.24, 2.45) is 0 Å². The molecule has 6 nitrogen and oxygen atoms in total. The topological polar surface area (TPSA) is 69.7 Å². The predicted molar refractivity (Wildman–Crippen MR) is 73.3 cm³/mol. The van der Waals surface area contributed by atoms with Gasteiger partial charge in [-0.15, -0.1) is 0 Å². The maximum Gasteiger partial charge on any atom is 0.236 e. The first kappa shape index (κ1) is 14.7. The van der Waals surface area contributed by atoms with Crippen molar-refractivity contribution in [2.45, 2.75) is 31.7 Å². The molecule has 7 heteroatoms. The van der Waals surface area contributed by atoms with E-state index in [1.54, 1.807) is 0 Å². The van der Waals surface area contributed by atoms with Crippen molar-refractivity contribution in [3.8, 4) is 0 Å². The monoisotopic (exact) mass is 289 g/mol. The molecule has 2 aliphatic heterocycles. The number of nitrogens with one attached hydrogen (secondary N) is 1. The number of rotatable bonds is 5. The summed E-state index contributed by atoms with van der Waals surface area (Å²) in [7, 11) is -3.16. The molecule has 1 atom stereocenters. The van der Waals surface area contributed by atoms with Crippen molar-refractivity contribution in [2.75, 3.05) is 39.0 Å². The van der Waals surface area contributed by atoms with E-state index in [9.17, 15) is 13.2 Å². The van der Waals surface area contributed by atoms with E-state index >= 15 is 0 Å². The first-order chi connectivity index (χ1) is 8.96. The van der Waals surface area contributed by atoms with Crippen molar-refractivity contribution in [1.29, 1.82) is 0 Å². The first-order valence-electron chi connectivity index (χ1n) is 6.92. The number of carbonyl (C=O) groups is 1. The van der Waals surface area contributed by atoms with Gasteiger partial charge in [0, 0.05) is 25.7 Å². The standard InChI is InChI=1S/C12H23N3O3S/c1-19(17,18)13-9-11-5-2-3-6-15(11)10-12(16)14-7-4-8-14/h11,13H,2-10H2,1H3/t11-/m1/s1. The van der Waals surface area contributed by atoms with Crippen LogP contribution in [0.3, 0.4) is 0 Å². The summed E-state index contributed by atoms with van der Waals surface area (Å²) in [5.74, 6) is 0.178. The van der Waals surface area contributed by atoms with E-state index in [1.165, 1.54) is 6.26 Å². The third-order valence-corrected chi connectivity index (χ3v) is 4.57. The van der Waals surface area contributed by atoms with Crippen LogP contribution in [0.4, 0.5) is 0 Å². The fourth-order valence-corrected chi connectivity index (χ4v) is 3.08. The van der Waals surface area contributed by atoms with Crippen LogP contribution in [-0.2, 0) is 14.8 Å². The van der Waals surface area contributed by atoms with Gasteiger partial charge in [-0.25, -0.2) is 13.1 Å². The Kier molecular flexibility index (Phi) is 4.81. The Morgan fingerprint density at radius 1 is 1.21 bits per heavy atom. The molecular formula is C12H23N3O3S. The zero-order valence-electron chi connectivity index (χ0n) is 11.5. The lowest BCUT2D eigenvalue weighted by Crippen LogP contribution is -2.52. The first-order valence-corrected chi connectivity index (χ1v) is 8.81. The molecular weight excluding hydrogens is 266 g/mol. The largest absolute Gasteiger partial charge is 0.341 e. The van der Waals surface area contributed by atoms with Crippen LogP contribution in [0, 0.1) is 0 Å². The Balaban J connectivity index is 1.86. The molecule has 0 bridgehead atoms. The molecule has 2 heterocycles. The van der Waals surface area contributed by atoms with Crippen LogP contribution in [0.5, 0.6) is 0 Å². The van der Waals surface area contributed by atoms with Gasteiger partial charge in [0.1, 0.15) is 0 Å².